The Bertz CT molecular complexity index is 2030. The number of oxazole rings is 2. The van der Waals surface area contributed by atoms with E-state index in [-0.39, 0.29) is 6.04 Å². The number of hydrogen-bond acceptors (Lipinski definition) is 12. The van der Waals surface area contributed by atoms with Gasteiger partial charge in [-0.2, -0.15) is 0 Å². The summed E-state index contributed by atoms with van der Waals surface area (Å²) in [6.45, 7) is 11.7. The summed E-state index contributed by atoms with van der Waals surface area (Å²) >= 11 is 0. The van der Waals surface area contributed by atoms with Gasteiger partial charge in [-0.3, -0.25) is 0 Å². The summed E-state index contributed by atoms with van der Waals surface area (Å²) in [6, 6.07) is 12.1. The second-order valence-corrected chi connectivity index (χ2v) is 15.4. The maximum Gasteiger partial charge on any atom is 0.181 e. The first-order valence-electron chi connectivity index (χ1n) is 19.1. The zero-order valence-corrected chi connectivity index (χ0v) is 33.3. The Morgan fingerprint density at radius 2 is 1.20 bits per heavy atom. The van der Waals surface area contributed by atoms with E-state index < -0.39 is 0 Å². The maximum absolute atomic E-state index is 6.55. The Hall–Kier alpha value is -4.78. The second-order valence-electron chi connectivity index (χ2n) is 15.4. The van der Waals surface area contributed by atoms with E-state index in [1.165, 1.54) is 12.8 Å². The van der Waals surface area contributed by atoms with Gasteiger partial charge in [-0.25, -0.2) is 29.9 Å². The van der Waals surface area contributed by atoms with Gasteiger partial charge in [-0.05, 0) is 115 Å². The average Bonchev–Trinajstić information content (AvgIpc) is 3.89. The van der Waals surface area contributed by atoms with Crippen molar-refractivity contribution < 1.29 is 8.83 Å². The van der Waals surface area contributed by atoms with Gasteiger partial charge in [0, 0.05) is 47.3 Å². The first kappa shape index (κ1) is 40.4. The van der Waals surface area contributed by atoms with Crippen LogP contribution in [-0.4, -0.2) is 87.5 Å². The van der Waals surface area contributed by atoms with E-state index in [2.05, 4.69) is 93.1 Å². The predicted octanol–water partition coefficient (Wildman–Crippen LogP) is 8.06. The van der Waals surface area contributed by atoms with Crippen LogP contribution in [0.5, 0.6) is 0 Å². The smallest absolute Gasteiger partial charge is 0.181 e. The van der Waals surface area contributed by atoms with Crippen molar-refractivity contribution in [3.05, 3.63) is 78.9 Å². The molecule has 0 aliphatic heterocycles. The number of nitrogens with one attached hydrogen (secondary N) is 1. The topological polar surface area (TPSA) is 148 Å². The van der Waals surface area contributed by atoms with Crippen LogP contribution in [0, 0.1) is 11.8 Å². The zero-order valence-electron chi connectivity index (χ0n) is 33.3. The molecule has 2 aromatic carbocycles. The Kier molecular flexibility index (Phi) is 14.6. The van der Waals surface area contributed by atoms with Crippen molar-refractivity contribution in [1.82, 2.24) is 39.7 Å². The molecule has 0 spiro atoms. The molecule has 1 atom stereocenters. The quantitative estimate of drug-likeness (QED) is 0.0873. The molecule has 6 aromatic rings. The van der Waals surface area contributed by atoms with Crippen LogP contribution in [0.4, 0.5) is 5.82 Å². The van der Waals surface area contributed by atoms with Gasteiger partial charge in [0.1, 0.15) is 17.5 Å². The normalized spacial score (nSPS) is 12.3. The van der Waals surface area contributed by atoms with Crippen LogP contribution in [-0.2, 0) is 12.8 Å². The lowest BCUT2D eigenvalue weighted by Gasteiger charge is -2.18. The third-order valence-electron chi connectivity index (χ3n) is 9.15. The van der Waals surface area contributed by atoms with Crippen molar-refractivity contribution in [2.24, 2.45) is 17.6 Å². The molecule has 0 amide bonds. The molecule has 0 saturated carbocycles. The molecule has 0 aliphatic rings. The Labute approximate surface area is 320 Å². The van der Waals surface area contributed by atoms with Crippen LogP contribution in [0.3, 0.4) is 0 Å². The van der Waals surface area contributed by atoms with Gasteiger partial charge in [-0.1, -0.05) is 27.7 Å². The first-order chi connectivity index (χ1) is 26.0. The van der Waals surface area contributed by atoms with Gasteiger partial charge in [0.05, 0.1) is 29.1 Å². The minimum Gasteiger partial charge on any atom is -0.444 e. The van der Waals surface area contributed by atoms with Gasteiger partial charge >= 0.3 is 0 Å². The number of aromatic nitrogens is 6. The molecule has 0 fully saturated rings. The molecule has 0 bridgehead atoms. The van der Waals surface area contributed by atoms with Gasteiger partial charge < -0.3 is 29.7 Å². The van der Waals surface area contributed by atoms with E-state index in [4.69, 9.17) is 34.5 Å². The summed E-state index contributed by atoms with van der Waals surface area (Å²) in [5.41, 5.74) is 11.3. The van der Waals surface area contributed by atoms with Crippen molar-refractivity contribution in [3.63, 3.8) is 0 Å². The molecule has 0 radical (unpaired) electrons. The Morgan fingerprint density at radius 3 is 1.72 bits per heavy atom. The number of anilines is 1. The minimum absolute atomic E-state index is 0.138. The van der Waals surface area contributed by atoms with Crippen LogP contribution >= 0.6 is 0 Å². The highest BCUT2D eigenvalue weighted by atomic mass is 16.3. The van der Waals surface area contributed by atoms with Crippen LogP contribution in [0.2, 0.25) is 0 Å². The molecule has 4 heterocycles. The van der Waals surface area contributed by atoms with Gasteiger partial charge in [0.15, 0.2) is 24.3 Å². The number of aryl methyl sites for hydroxylation is 2. The molecule has 12 nitrogen and oxygen atoms in total. The van der Waals surface area contributed by atoms with Crippen LogP contribution in [0.1, 0.15) is 76.8 Å². The summed E-state index contributed by atoms with van der Waals surface area (Å²) in [4.78, 5) is 31.6. The average molecular weight is 735 g/mol. The monoisotopic (exact) mass is 734 g/mol. The lowest BCUT2D eigenvalue weighted by atomic mass is 10.0. The Morgan fingerprint density at radius 1 is 0.667 bits per heavy atom. The van der Waals surface area contributed by atoms with Crippen molar-refractivity contribution in [2.45, 2.75) is 72.3 Å². The highest BCUT2D eigenvalue weighted by Gasteiger charge is 2.17. The first-order valence-corrected chi connectivity index (χ1v) is 19.1. The number of benzene rings is 2. The fourth-order valence-electron chi connectivity index (χ4n) is 6.01. The summed E-state index contributed by atoms with van der Waals surface area (Å²) in [5.74, 6) is 5.41. The van der Waals surface area contributed by atoms with Gasteiger partial charge in [0.25, 0.3) is 0 Å². The van der Waals surface area contributed by atoms with Crippen LogP contribution in [0.25, 0.3) is 44.5 Å². The van der Waals surface area contributed by atoms with Crippen molar-refractivity contribution in [2.75, 3.05) is 53.1 Å². The van der Waals surface area contributed by atoms with Gasteiger partial charge in [0.2, 0.25) is 0 Å². The molecular weight excluding hydrogens is 677 g/mol. The summed E-state index contributed by atoms with van der Waals surface area (Å²) in [5, 5.41) is 5.52. The number of nitrogens with zero attached hydrogens (tertiary/aromatic N) is 8. The molecule has 288 valence electrons. The van der Waals surface area contributed by atoms with Gasteiger partial charge in [-0.15, -0.1) is 0 Å². The molecule has 1 unspecified atom stereocenters. The predicted molar refractivity (Wildman–Crippen MR) is 218 cm³/mol. The van der Waals surface area contributed by atoms with Crippen LogP contribution in [0.15, 0.2) is 70.4 Å². The molecular formula is C42H58N10O2. The van der Waals surface area contributed by atoms with E-state index in [1.54, 1.807) is 12.4 Å². The fraction of sp³-hybridized carbons (Fsp3) is 0.476. The van der Waals surface area contributed by atoms with E-state index in [9.17, 15) is 0 Å². The number of nitrogens with two attached hydrogens (primary N) is 1. The lowest BCUT2D eigenvalue weighted by Crippen LogP contribution is -2.21. The van der Waals surface area contributed by atoms with Crippen molar-refractivity contribution >= 4 is 27.6 Å². The third kappa shape index (κ3) is 11.6. The maximum atomic E-state index is 6.55. The van der Waals surface area contributed by atoms with Crippen LogP contribution < -0.4 is 11.1 Å². The molecule has 54 heavy (non-hydrogen) atoms. The van der Waals surface area contributed by atoms with E-state index in [1.807, 2.05) is 24.3 Å². The summed E-state index contributed by atoms with van der Waals surface area (Å²) in [6.07, 6.45) is 12.1. The number of rotatable bonds is 17. The second kappa shape index (κ2) is 19.5. The van der Waals surface area contributed by atoms with Crippen molar-refractivity contribution in [3.8, 4) is 22.6 Å². The van der Waals surface area contributed by atoms with E-state index in [0.717, 1.165) is 126 Å². The molecule has 0 aliphatic carbocycles. The standard InChI is InChI=1S/2C21H29N5O/c1-15(2)6-9-20-24-18-8-7-16(19-13-22-14-27-19)12-17(18)21(25-20)23-10-5-11-26(3)4;1-14(2)5-8-20-24-18-7-6-15(19-12-23-13-27-19)11-16(18)21(25-20)17(22)9-10-26(3)4/h7-8,12-15H,5-6,9-11H2,1-4H3,(H,23,24,25);6-7,11-14,17H,5,8-10,22H2,1-4H3. The summed E-state index contributed by atoms with van der Waals surface area (Å²) < 4.78 is 10.9. The Balaban J connectivity index is 0.000000208. The SMILES string of the molecule is CC(C)CCc1nc(C(N)CCN(C)C)c2cc(-c3cnco3)ccc2n1.CC(C)CCc1nc(NCCCN(C)C)c2cc(-c3cnco3)ccc2n1. The molecule has 4 aromatic heterocycles. The fourth-order valence-corrected chi connectivity index (χ4v) is 6.01. The largest absolute Gasteiger partial charge is 0.444 e. The highest BCUT2D eigenvalue weighted by molar-refractivity contribution is 5.92. The van der Waals surface area contributed by atoms with Crippen molar-refractivity contribution in [1.29, 1.82) is 0 Å². The summed E-state index contributed by atoms with van der Waals surface area (Å²) in [7, 11) is 8.29. The van der Waals surface area contributed by atoms with E-state index in [0.29, 0.717) is 11.8 Å². The van der Waals surface area contributed by atoms with E-state index >= 15 is 0 Å². The number of fused-ring (bicyclic) bond motifs is 2. The minimum atomic E-state index is -0.138. The molecule has 0 saturated heterocycles. The zero-order chi connectivity index (χ0) is 38.6. The molecule has 3 N–H and O–H groups in total. The lowest BCUT2D eigenvalue weighted by molar-refractivity contribution is 0.381. The molecule has 12 heteroatoms. The molecule has 6 rings (SSSR count). The third-order valence-corrected chi connectivity index (χ3v) is 9.15. The highest BCUT2D eigenvalue weighted by Crippen LogP contribution is 2.30. The number of hydrogen-bond donors (Lipinski definition) is 2.